The first-order valence-electron chi connectivity index (χ1n) is 4.80. The molecule has 0 saturated heterocycles. The Morgan fingerprint density at radius 3 is 2.69 bits per heavy atom. The van der Waals surface area contributed by atoms with Crippen molar-refractivity contribution in [3.05, 3.63) is 28.2 Å². The number of halogens is 2. The molecule has 3 N–H and O–H groups in total. The summed E-state index contributed by atoms with van der Waals surface area (Å²) in [5.74, 6) is -0.0493. The van der Waals surface area contributed by atoms with Crippen molar-refractivity contribution >= 4 is 39.9 Å². The van der Waals surface area contributed by atoms with Gasteiger partial charge in [0.25, 0.3) is 0 Å². The van der Waals surface area contributed by atoms with Crippen LogP contribution in [0.15, 0.2) is 22.7 Å². The maximum absolute atomic E-state index is 11.4. The molecule has 0 saturated carbocycles. The van der Waals surface area contributed by atoms with E-state index in [1.54, 1.807) is 0 Å². The van der Waals surface area contributed by atoms with Crippen molar-refractivity contribution in [3.8, 4) is 0 Å². The third-order valence-electron chi connectivity index (χ3n) is 1.95. The summed E-state index contributed by atoms with van der Waals surface area (Å²) in [6.07, 6.45) is 0.342. The highest BCUT2D eigenvalue weighted by Gasteiger charge is 2.05. The van der Waals surface area contributed by atoms with Gasteiger partial charge in [0.15, 0.2) is 0 Å². The Labute approximate surface area is 110 Å². The lowest BCUT2D eigenvalue weighted by Crippen LogP contribution is -2.23. The van der Waals surface area contributed by atoms with Crippen molar-refractivity contribution in [2.45, 2.75) is 26.3 Å². The molecular weight excluding hydrogens is 291 g/mol. The SMILES string of the molecule is Cc1cc(NC(=O)CC(C)N)ccc1Br.Cl. The van der Waals surface area contributed by atoms with Crippen molar-refractivity contribution in [1.29, 1.82) is 0 Å². The maximum atomic E-state index is 11.4. The van der Waals surface area contributed by atoms with Gasteiger partial charge in [-0.15, -0.1) is 12.4 Å². The molecule has 90 valence electrons. The second kappa shape index (κ2) is 6.89. The number of benzene rings is 1. The largest absolute Gasteiger partial charge is 0.327 e. The lowest BCUT2D eigenvalue weighted by atomic mass is 10.2. The molecule has 0 fully saturated rings. The lowest BCUT2D eigenvalue weighted by molar-refractivity contribution is -0.116. The van der Waals surface area contributed by atoms with Crippen LogP contribution < -0.4 is 11.1 Å². The van der Waals surface area contributed by atoms with E-state index in [2.05, 4.69) is 21.2 Å². The average Bonchev–Trinajstić information content (AvgIpc) is 2.10. The number of aryl methyl sites for hydroxylation is 1. The van der Waals surface area contributed by atoms with Gasteiger partial charge in [0.1, 0.15) is 0 Å². The number of nitrogens with two attached hydrogens (primary N) is 1. The van der Waals surface area contributed by atoms with Crippen LogP contribution in [0.3, 0.4) is 0 Å². The minimum absolute atomic E-state index is 0. The molecule has 1 rings (SSSR count). The number of nitrogens with one attached hydrogen (secondary N) is 1. The van der Waals surface area contributed by atoms with Crippen LogP contribution in [0, 0.1) is 6.92 Å². The first-order chi connectivity index (χ1) is 6.99. The zero-order valence-electron chi connectivity index (χ0n) is 9.29. The maximum Gasteiger partial charge on any atom is 0.225 e. The summed E-state index contributed by atoms with van der Waals surface area (Å²) < 4.78 is 1.03. The van der Waals surface area contributed by atoms with Gasteiger partial charge in [-0.25, -0.2) is 0 Å². The Hall–Kier alpha value is -0.580. The number of carbonyl (C=O) groups is 1. The lowest BCUT2D eigenvalue weighted by Gasteiger charge is -2.08. The van der Waals surface area contributed by atoms with Crippen LogP contribution >= 0.6 is 28.3 Å². The van der Waals surface area contributed by atoms with Gasteiger partial charge >= 0.3 is 0 Å². The van der Waals surface area contributed by atoms with Gasteiger partial charge in [-0.3, -0.25) is 4.79 Å². The quantitative estimate of drug-likeness (QED) is 0.902. The molecule has 0 aliphatic heterocycles. The fourth-order valence-corrected chi connectivity index (χ4v) is 1.47. The van der Waals surface area contributed by atoms with E-state index < -0.39 is 0 Å². The van der Waals surface area contributed by atoms with E-state index in [0.717, 1.165) is 15.7 Å². The number of carbonyl (C=O) groups excluding carboxylic acids is 1. The summed E-state index contributed by atoms with van der Waals surface area (Å²) in [6.45, 7) is 3.79. The fourth-order valence-electron chi connectivity index (χ4n) is 1.23. The summed E-state index contributed by atoms with van der Waals surface area (Å²) in [4.78, 5) is 11.4. The van der Waals surface area contributed by atoms with Crippen LogP contribution in [-0.4, -0.2) is 11.9 Å². The van der Waals surface area contributed by atoms with E-state index in [9.17, 15) is 4.79 Å². The molecule has 5 heteroatoms. The molecule has 0 aliphatic carbocycles. The standard InChI is InChI=1S/C11H15BrN2O.ClH/c1-7-5-9(3-4-10(7)12)14-11(15)6-8(2)13;/h3-5,8H,6,13H2,1-2H3,(H,14,15);1H. The summed E-state index contributed by atoms with van der Waals surface area (Å²) in [5.41, 5.74) is 7.43. The number of hydrogen-bond donors (Lipinski definition) is 2. The Morgan fingerprint density at radius 1 is 1.56 bits per heavy atom. The Kier molecular flexibility index (Phi) is 6.64. The average molecular weight is 308 g/mol. The van der Waals surface area contributed by atoms with Gasteiger partial charge < -0.3 is 11.1 Å². The highest BCUT2D eigenvalue weighted by atomic mass is 79.9. The first kappa shape index (κ1) is 15.4. The smallest absolute Gasteiger partial charge is 0.225 e. The molecule has 1 aromatic rings. The van der Waals surface area contributed by atoms with Crippen LogP contribution in [0.5, 0.6) is 0 Å². The van der Waals surface area contributed by atoms with Crippen molar-refractivity contribution in [3.63, 3.8) is 0 Å². The summed E-state index contributed by atoms with van der Waals surface area (Å²) in [5, 5.41) is 2.80. The molecule has 1 aromatic carbocycles. The van der Waals surface area contributed by atoms with E-state index in [0.29, 0.717) is 6.42 Å². The van der Waals surface area contributed by atoms with Crippen molar-refractivity contribution in [1.82, 2.24) is 0 Å². The van der Waals surface area contributed by atoms with Gasteiger partial charge in [0.05, 0.1) is 0 Å². The predicted octanol–water partition coefficient (Wildman–Crippen LogP) is 2.86. The van der Waals surface area contributed by atoms with Crippen molar-refractivity contribution < 1.29 is 4.79 Å². The van der Waals surface area contributed by atoms with Gasteiger partial charge in [0.2, 0.25) is 5.91 Å². The number of hydrogen-bond acceptors (Lipinski definition) is 2. The molecule has 1 amide bonds. The molecule has 0 aromatic heterocycles. The second-order valence-corrected chi connectivity index (χ2v) is 4.55. The summed E-state index contributed by atoms with van der Waals surface area (Å²) in [7, 11) is 0. The molecule has 0 spiro atoms. The van der Waals surface area contributed by atoms with E-state index in [4.69, 9.17) is 5.73 Å². The van der Waals surface area contributed by atoms with Gasteiger partial charge in [-0.05, 0) is 37.6 Å². The van der Waals surface area contributed by atoms with Crippen LogP contribution in [0.25, 0.3) is 0 Å². The van der Waals surface area contributed by atoms with Crippen LogP contribution in [0.2, 0.25) is 0 Å². The van der Waals surface area contributed by atoms with Crippen LogP contribution in [0.1, 0.15) is 18.9 Å². The van der Waals surface area contributed by atoms with Crippen molar-refractivity contribution in [2.75, 3.05) is 5.32 Å². The van der Waals surface area contributed by atoms with E-state index in [-0.39, 0.29) is 24.4 Å². The number of rotatable bonds is 3. The molecule has 1 atom stereocenters. The molecule has 0 bridgehead atoms. The molecule has 0 radical (unpaired) electrons. The first-order valence-corrected chi connectivity index (χ1v) is 5.60. The zero-order valence-corrected chi connectivity index (χ0v) is 11.7. The molecule has 0 aliphatic rings. The van der Waals surface area contributed by atoms with Gasteiger partial charge in [0, 0.05) is 22.6 Å². The van der Waals surface area contributed by atoms with E-state index >= 15 is 0 Å². The fraction of sp³-hybridized carbons (Fsp3) is 0.364. The second-order valence-electron chi connectivity index (χ2n) is 3.69. The van der Waals surface area contributed by atoms with Gasteiger partial charge in [-0.2, -0.15) is 0 Å². The van der Waals surface area contributed by atoms with E-state index in [1.807, 2.05) is 32.0 Å². The van der Waals surface area contributed by atoms with Gasteiger partial charge in [-0.1, -0.05) is 15.9 Å². The third kappa shape index (κ3) is 4.96. The molecule has 0 heterocycles. The molecular formula is C11H16BrClN2O. The highest BCUT2D eigenvalue weighted by Crippen LogP contribution is 2.20. The molecule has 16 heavy (non-hydrogen) atoms. The minimum Gasteiger partial charge on any atom is -0.327 e. The van der Waals surface area contributed by atoms with Crippen molar-refractivity contribution in [2.24, 2.45) is 5.73 Å². The Bertz CT molecular complexity index is 369. The van der Waals surface area contributed by atoms with E-state index in [1.165, 1.54) is 0 Å². The number of anilines is 1. The zero-order chi connectivity index (χ0) is 11.4. The molecule has 1 unspecified atom stereocenters. The topological polar surface area (TPSA) is 55.1 Å². The van der Waals surface area contributed by atoms with Crippen LogP contribution in [-0.2, 0) is 4.79 Å². The Morgan fingerprint density at radius 2 is 2.19 bits per heavy atom. The van der Waals surface area contributed by atoms with Crippen LogP contribution in [0.4, 0.5) is 5.69 Å². The monoisotopic (exact) mass is 306 g/mol. The summed E-state index contributed by atoms with van der Waals surface area (Å²) in [6, 6.07) is 5.58. The normalized spacial score (nSPS) is 11.5. The number of amides is 1. The predicted molar refractivity (Wildman–Crippen MR) is 73.0 cm³/mol. The molecule has 3 nitrogen and oxygen atoms in total. The minimum atomic E-state index is -0.110. The third-order valence-corrected chi connectivity index (χ3v) is 2.84. The highest BCUT2D eigenvalue weighted by molar-refractivity contribution is 9.10. The Balaban J connectivity index is 0.00000225. The summed E-state index contributed by atoms with van der Waals surface area (Å²) >= 11 is 3.40.